The number of carbonyl (C=O) groups is 3. The number of aldehydes is 1. The first-order valence-electron chi connectivity index (χ1n) is 15.2. The van der Waals surface area contributed by atoms with Gasteiger partial charge < -0.3 is 39.6 Å². The Bertz CT molecular complexity index is 714. The minimum absolute atomic E-state index is 0. The van der Waals surface area contributed by atoms with E-state index in [1.807, 2.05) is 20.8 Å². The molecule has 2 unspecified atom stereocenters. The molecular weight excluding hydrogens is 564 g/mol. The van der Waals surface area contributed by atoms with Crippen molar-refractivity contribution in [1.82, 2.24) is 0 Å². The number of hydrogen-bond donors (Lipinski definition) is 2. The molecule has 4 rings (SSSR count). The van der Waals surface area contributed by atoms with E-state index in [1.165, 1.54) is 95.6 Å². The molecule has 0 aromatic rings. The van der Waals surface area contributed by atoms with Gasteiger partial charge in [0.1, 0.15) is 12.4 Å². The number of esters is 1. The van der Waals surface area contributed by atoms with E-state index in [4.69, 9.17) is 14.9 Å². The molecule has 0 radical (unpaired) electrons. The van der Waals surface area contributed by atoms with Crippen LogP contribution < -0.4 is 12.4 Å². The molecule has 0 aromatic carbocycles. The van der Waals surface area contributed by atoms with Crippen molar-refractivity contribution in [3.8, 4) is 0 Å². The minimum atomic E-state index is -0.891. The zero-order valence-corrected chi connectivity index (χ0v) is 29.3. The first-order chi connectivity index (χ1) is 18.7. The molecule has 0 amide bonds. The molecule has 6 nitrogen and oxygen atoms in total. The summed E-state index contributed by atoms with van der Waals surface area (Å²) in [6, 6.07) is 0. The summed E-state index contributed by atoms with van der Waals surface area (Å²) in [4.78, 5) is 30.6. The fourth-order valence-corrected chi connectivity index (χ4v) is 5.15. The van der Waals surface area contributed by atoms with Gasteiger partial charge in [-0.25, -0.2) is 9.59 Å². The molecule has 8 heteroatoms. The van der Waals surface area contributed by atoms with Crippen molar-refractivity contribution >= 4 is 41.3 Å². The monoisotopic (exact) mass is 622 g/mol. The van der Waals surface area contributed by atoms with Gasteiger partial charge in [0.15, 0.2) is 0 Å². The average molecular weight is 624 g/mol. The average Bonchev–Trinajstić information content (AvgIpc) is 3.75. The van der Waals surface area contributed by atoms with Crippen LogP contribution in [0, 0.1) is 25.2 Å². The second-order valence-electron chi connectivity index (χ2n) is 10.9. The predicted molar refractivity (Wildman–Crippen MR) is 172 cm³/mol. The summed E-state index contributed by atoms with van der Waals surface area (Å²) in [5, 5.41) is 16.9. The SMILES string of the molecule is C/C=C/C(=O)O.C/C=C/C(=O)OC(C)C1CCCC1.C1=CCCC1.CC(O)C1CCCC1.O=CC1CCCC1.[CH3-].[Cl-].[Mg+2]. The topological polar surface area (TPSA) is 101 Å². The van der Waals surface area contributed by atoms with Crippen molar-refractivity contribution in [1.29, 1.82) is 0 Å². The second kappa shape index (κ2) is 32.8. The van der Waals surface area contributed by atoms with E-state index >= 15 is 0 Å². The van der Waals surface area contributed by atoms with Gasteiger partial charge >= 0.3 is 35.0 Å². The summed E-state index contributed by atoms with van der Waals surface area (Å²) in [6.45, 7) is 7.38. The molecule has 42 heavy (non-hydrogen) atoms. The van der Waals surface area contributed by atoms with Crippen LogP contribution in [-0.4, -0.2) is 63.7 Å². The Morgan fingerprint density at radius 3 is 1.48 bits per heavy atom. The van der Waals surface area contributed by atoms with Crippen molar-refractivity contribution in [3.05, 3.63) is 43.9 Å². The number of aliphatic hydroxyl groups is 1. The summed E-state index contributed by atoms with van der Waals surface area (Å²) in [5.41, 5.74) is 0. The molecule has 0 bridgehead atoms. The molecule has 4 aliphatic rings. The first-order valence-corrected chi connectivity index (χ1v) is 15.2. The van der Waals surface area contributed by atoms with Crippen LogP contribution >= 0.6 is 0 Å². The Morgan fingerprint density at radius 1 is 0.786 bits per heavy atom. The number of ether oxygens (including phenoxy) is 1. The molecule has 240 valence electrons. The number of halogens is 1. The summed E-state index contributed by atoms with van der Waals surface area (Å²) in [7, 11) is 0. The fraction of sp³-hybridized carbons (Fsp3) is 0.706. The van der Waals surface area contributed by atoms with Crippen LogP contribution in [0.2, 0.25) is 0 Å². The molecule has 0 aromatic heterocycles. The molecule has 2 atom stereocenters. The summed E-state index contributed by atoms with van der Waals surface area (Å²) in [5.74, 6) is 0.531. The van der Waals surface area contributed by atoms with Crippen LogP contribution in [0.1, 0.15) is 124 Å². The van der Waals surface area contributed by atoms with Gasteiger partial charge in [-0.2, -0.15) is 0 Å². The van der Waals surface area contributed by atoms with E-state index in [9.17, 15) is 14.4 Å². The fourth-order valence-electron chi connectivity index (χ4n) is 5.15. The van der Waals surface area contributed by atoms with E-state index in [0.717, 1.165) is 25.2 Å². The second-order valence-corrected chi connectivity index (χ2v) is 10.9. The van der Waals surface area contributed by atoms with Crippen LogP contribution in [0.15, 0.2) is 36.5 Å². The van der Waals surface area contributed by atoms with Crippen LogP contribution in [0.4, 0.5) is 0 Å². The van der Waals surface area contributed by atoms with E-state index in [0.29, 0.717) is 17.8 Å². The number of carboxylic acids is 1. The van der Waals surface area contributed by atoms with E-state index in [-0.39, 0.29) is 61.1 Å². The molecule has 4 aliphatic carbocycles. The molecule has 3 saturated carbocycles. The number of carbonyl (C=O) groups excluding carboxylic acids is 2. The van der Waals surface area contributed by atoms with Crippen molar-refractivity contribution < 1.29 is 41.7 Å². The largest absolute Gasteiger partial charge is 2.00 e. The Balaban J connectivity index is -0.000000220. The molecule has 3 fully saturated rings. The van der Waals surface area contributed by atoms with Crippen LogP contribution in [0.3, 0.4) is 0 Å². The molecular formula is C34H59ClMgO6. The number of aliphatic carboxylic acids is 1. The third-order valence-electron chi connectivity index (χ3n) is 7.56. The van der Waals surface area contributed by atoms with E-state index < -0.39 is 5.97 Å². The van der Waals surface area contributed by atoms with Gasteiger partial charge in [0, 0.05) is 18.1 Å². The number of carboxylic acid groups (broad SMARTS) is 1. The van der Waals surface area contributed by atoms with Gasteiger partial charge in [-0.05, 0) is 97.3 Å². The summed E-state index contributed by atoms with van der Waals surface area (Å²) in [6.07, 6.45) is 30.3. The third-order valence-corrected chi connectivity index (χ3v) is 7.56. The number of aliphatic hydroxyl groups excluding tert-OH is 1. The summed E-state index contributed by atoms with van der Waals surface area (Å²) < 4.78 is 5.25. The zero-order chi connectivity index (χ0) is 29.3. The number of rotatable bonds is 6. The molecule has 2 N–H and O–H groups in total. The van der Waals surface area contributed by atoms with Crippen molar-refractivity contribution in [3.63, 3.8) is 0 Å². The number of allylic oxidation sites excluding steroid dienone is 4. The quantitative estimate of drug-likeness (QED) is 0.107. The summed E-state index contributed by atoms with van der Waals surface area (Å²) >= 11 is 0. The van der Waals surface area contributed by atoms with Crippen LogP contribution in [0.25, 0.3) is 0 Å². The minimum Gasteiger partial charge on any atom is -1.00 e. The molecule has 0 heterocycles. The van der Waals surface area contributed by atoms with E-state index in [1.54, 1.807) is 13.0 Å². The Hall–Kier alpha value is -1.15. The van der Waals surface area contributed by atoms with E-state index in [2.05, 4.69) is 12.2 Å². The Kier molecular flexibility index (Phi) is 37.3. The Labute approximate surface area is 279 Å². The third kappa shape index (κ3) is 27.7. The maximum atomic E-state index is 11.1. The number of hydrogen-bond acceptors (Lipinski definition) is 5. The molecule has 0 saturated heterocycles. The zero-order valence-electron chi connectivity index (χ0n) is 27.1. The predicted octanol–water partition coefficient (Wildman–Crippen LogP) is 5.06. The smallest absolute Gasteiger partial charge is 1.00 e. The van der Waals surface area contributed by atoms with Gasteiger partial charge in [0.05, 0.1) is 6.10 Å². The van der Waals surface area contributed by atoms with Crippen molar-refractivity contribution in [2.75, 3.05) is 0 Å². The van der Waals surface area contributed by atoms with Crippen molar-refractivity contribution in [2.45, 2.75) is 136 Å². The maximum Gasteiger partial charge on any atom is 2.00 e. The van der Waals surface area contributed by atoms with Crippen LogP contribution in [-0.2, 0) is 19.1 Å². The van der Waals surface area contributed by atoms with Gasteiger partial charge in [-0.15, -0.1) is 0 Å². The molecule has 0 aliphatic heterocycles. The Morgan fingerprint density at radius 2 is 1.21 bits per heavy atom. The maximum absolute atomic E-state index is 11.1. The van der Waals surface area contributed by atoms with Gasteiger partial charge in [-0.3, -0.25) is 0 Å². The normalized spacial score (nSPS) is 19.1. The molecule has 0 spiro atoms. The first kappa shape index (κ1) is 47.8. The van der Waals surface area contributed by atoms with Gasteiger partial charge in [0.25, 0.3) is 0 Å². The van der Waals surface area contributed by atoms with Crippen LogP contribution in [0.5, 0.6) is 0 Å². The van der Waals surface area contributed by atoms with Crippen molar-refractivity contribution in [2.24, 2.45) is 17.8 Å². The standard InChI is InChI=1S/C11H18O2.C7H14O.C6H10O.C5H8.C4H6O2.CH3.ClH.Mg/c1-3-6-11(12)13-9(2)10-7-4-5-8-10;1-6(8)7-4-2-3-5-7;7-5-6-3-1-2-4-6;1-2-4-5-3-1;1-2-3-4(5)6;;;/h3,6,9-10H,4-5,7-8H2,1-2H3;6-8H,2-5H2,1H3;5-6H,1-4H2;1-2H,3-5H2;2-3H,1H3,(H,5,6);1H3;1H;/q;;;;;-1;;+2/p-1/b6-3+;;;;3-2+;;;. The van der Waals surface area contributed by atoms with Gasteiger partial charge in [-0.1, -0.05) is 62.8 Å². The van der Waals surface area contributed by atoms with Gasteiger partial charge in [0.2, 0.25) is 0 Å².